The van der Waals surface area contributed by atoms with Gasteiger partial charge in [-0.2, -0.15) is 0 Å². The summed E-state index contributed by atoms with van der Waals surface area (Å²) in [5.41, 5.74) is 2.03. The largest absolute Gasteiger partial charge is 0.494 e. The van der Waals surface area contributed by atoms with Crippen LogP contribution in [0.1, 0.15) is 12.5 Å². The van der Waals surface area contributed by atoms with E-state index < -0.39 is 0 Å². The Morgan fingerprint density at radius 3 is 2.52 bits per heavy atom. The highest BCUT2D eigenvalue weighted by Crippen LogP contribution is 2.17. The monoisotopic (exact) mass is 387 g/mol. The normalized spacial score (nSPS) is 14.8. The molecule has 1 saturated heterocycles. The number of rotatable bonds is 6. The van der Waals surface area contributed by atoms with Crippen LogP contribution >= 0.6 is 11.6 Å². The van der Waals surface area contributed by atoms with E-state index in [1.165, 1.54) is 5.56 Å². The van der Waals surface area contributed by atoms with Crippen LogP contribution in [0.4, 0.5) is 10.5 Å². The van der Waals surface area contributed by atoms with Crippen LogP contribution in [0.15, 0.2) is 48.5 Å². The third-order valence-corrected chi connectivity index (χ3v) is 4.92. The Balaban J connectivity index is 1.42. The summed E-state index contributed by atoms with van der Waals surface area (Å²) in [4.78, 5) is 16.7. The minimum absolute atomic E-state index is 0.0475. The zero-order valence-electron chi connectivity index (χ0n) is 15.7. The number of hydrogen-bond acceptors (Lipinski definition) is 3. The van der Waals surface area contributed by atoms with E-state index in [4.69, 9.17) is 16.3 Å². The van der Waals surface area contributed by atoms with Crippen molar-refractivity contribution in [1.29, 1.82) is 0 Å². The van der Waals surface area contributed by atoms with Crippen molar-refractivity contribution < 1.29 is 9.53 Å². The standard InChI is InChI=1S/C21H26ClN3O2/c1-2-27-20-8-6-19(7-9-20)23-21(26)25-14-12-24(13-15-25)11-10-17-4-3-5-18(22)16-17/h3-9,16H,2,10-15H2,1H3,(H,23,26). The number of amides is 2. The van der Waals surface area contributed by atoms with Gasteiger partial charge in [-0.1, -0.05) is 23.7 Å². The van der Waals surface area contributed by atoms with Crippen molar-refractivity contribution in [3.63, 3.8) is 0 Å². The molecular weight excluding hydrogens is 362 g/mol. The van der Waals surface area contributed by atoms with Crippen molar-refractivity contribution in [1.82, 2.24) is 9.80 Å². The summed E-state index contributed by atoms with van der Waals surface area (Å²) in [7, 11) is 0. The first-order valence-electron chi connectivity index (χ1n) is 9.39. The summed E-state index contributed by atoms with van der Waals surface area (Å²) in [5.74, 6) is 0.809. The number of nitrogens with zero attached hydrogens (tertiary/aromatic N) is 2. The summed E-state index contributed by atoms with van der Waals surface area (Å²) in [6.07, 6.45) is 0.971. The summed E-state index contributed by atoms with van der Waals surface area (Å²) < 4.78 is 5.42. The SMILES string of the molecule is CCOc1ccc(NC(=O)N2CCN(CCc3cccc(Cl)c3)CC2)cc1. The molecule has 2 aromatic rings. The van der Waals surface area contributed by atoms with Crippen molar-refractivity contribution >= 4 is 23.3 Å². The first-order valence-corrected chi connectivity index (χ1v) is 9.77. The lowest BCUT2D eigenvalue weighted by molar-refractivity contribution is 0.148. The van der Waals surface area contributed by atoms with Crippen LogP contribution in [0, 0.1) is 0 Å². The van der Waals surface area contributed by atoms with E-state index in [1.54, 1.807) is 0 Å². The van der Waals surface area contributed by atoms with E-state index in [9.17, 15) is 4.79 Å². The Bertz CT molecular complexity index is 743. The summed E-state index contributed by atoms with van der Waals surface area (Å²) in [6.45, 7) is 6.80. The molecule has 0 unspecified atom stereocenters. The predicted molar refractivity (Wildman–Crippen MR) is 110 cm³/mol. The molecule has 1 N–H and O–H groups in total. The van der Waals surface area contributed by atoms with Gasteiger partial charge in [0.1, 0.15) is 5.75 Å². The van der Waals surface area contributed by atoms with E-state index in [0.717, 1.165) is 55.6 Å². The highest BCUT2D eigenvalue weighted by molar-refractivity contribution is 6.30. The second-order valence-corrected chi connectivity index (χ2v) is 7.03. The van der Waals surface area contributed by atoms with Crippen molar-refractivity contribution in [3.8, 4) is 5.75 Å². The van der Waals surface area contributed by atoms with Crippen molar-refractivity contribution in [2.45, 2.75) is 13.3 Å². The lowest BCUT2D eigenvalue weighted by Crippen LogP contribution is -2.50. The number of piperazine rings is 1. The molecule has 1 heterocycles. The number of benzene rings is 2. The van der Waals surface area contributed by atoms with Crippen molar-refractivity contribution in [2.75, 3.05) is 44.6 Å². The van der Waals surface area contributed by atoms with Crippen molar-refractivity contribution in [2.24, 2.45) is 0 Å². The van der Waals surface area contributed by atoms with Gasteiger partial charge in [-0.3, -0.25) is 4.90 Å². The molecule has 1 aliphatic heterocycles. The maximum atomic E-state index is 12.5. The fraction of sp³-hybridized carbons (Fsp3) is 0.381. The second kappa shape index (κ2) is 9.62. The molecule has 0 aliphatic carbocycles. The van der Waals surface area contributed by atoms with Crippen LogP contribution in [0.5, 0.6) is 5.75 Å². The second-order valence-electron chi connectivity index (χ2n) is 6.60. The van der Waals surface area contributed by atoms with Gasteiger partial charge in [0.2, 0.25) is 0 Å². The first-order chi connectivity index (χ1) is 13.1. The van der Waals surface area contributed by atoms with Crippen LogP contribution < -0.4 is 10.1 Å². The van der Waals surface area contributed by atoms with Gasteiger partial charge in [0.15, 0.2) is 0 Å². The van der Waals surface area contributed by atoms with Gasteiger partial charge in [0.05, 0.1) is 6.61 Å². The Labute approximate surface area is 165 Å². The van der Waals surface area contributed by atoms with E-state index in [-0.39, 0.29) is 6.03 Å². The lowest BCUT2D eigenvalue weighted by Gasteiger charge is -2.34. The zero-order valence-corrected chi connectivity index (χ0v) is 16.4. The molecule has 0 saturated carbocycles. The van der Waals surface area contributed by atoms with Gasteiger partial charge in [-0.15, -0.1) is 0 Å². The number of halogens is 1. The number of ether oxygens (including phenoxy) is 1. The number of anilines is 1. The molecule has 0 spiro atoms. The number of nitrogens with one attached hydrogen (secondary N) is 1. The van der Waals surface area contributed by atoms with E-state index in [2.05, 4.69) is 16.3 Å². The van der Waals surface area contributed by atoms with E-state index >= 15 is 0 Å². The highest BCUT2D eigenvalue weighted by atomic mass is 35.5. The molecule has 5 nitrogen and oxygen atoms in total. The molecule has 0 aromatic heterocycles. The van der Waals surface area contributed by atoms with Gasteiger partial charge < -0.3 is 15.0 Å². The quantitative estimate of drug-likeness (QED) is 0.810. The fourth-order valence-electron chi connectivity index (χ4n) is 3.16. The Morgan fingerprint density at radius 1 is 1.11 bits per heavy atom. The number of urea groups is 1. The summed E-state index contributed by atoms with van der Waals surface area (Å²) in [5, 5.41) is 3.74. The number of carbonyl (C=O) groups excluding carboxylic acids is 1. The summed E-state index contributed by atoms with van der Waals surface area (Å²) in [6, 6.07) is 15.4. The Morgan fingerprint density at radius 2 is 1.85 bits per heavy atom. The van der Waals surface area contributed by atoms with Crippen molar-refractivity contribution in [3.05, 3.63) is 59.1 Å². The molecule has 0 atom stereocenters. The van der Waals surface area contributed by atoms with Crippen LogP contribution in [0.25, 0.3) is 0 Å². The average molecular weight is 388 g/mol. The Kier molecular flexibility index (Phi) is 6.96. The molecule has 3 rings (SSSR count). The molecule has 1 aliphatic rings. The van der Waals surface area contributed by atoms with Gasteiger partial charge in [0.25, 0.3) is 0 Å². The van der Waals surface area contributed by atoms with Crippen LogP contribution in [-0.4, -0.2) is 55.2 Å². The number of carbonyl (C=O) groups is 1. The molecular formula is C21H26ClN3O2. The van der Waals surface area contributed by atoms with Crippen LogP contribution in [0.3, 0.4) is 0 Å². The third-order valence-electron chi connectivity index (χ3n) is 4.68. The minimum atomic E-state index is -0.0475. The molecule has 6 heteroatoms. The highest BCUT2D eigenvalue weighted by Gasteiger charge is 2.20. The van der Waals surface area contributed by atoms with E-state index in [0.29, 0.717) is 6.61 Å². The zero-order chi connectivity index (χ0) is 19.1. The summed E-state index contributed by atoms with van der Waals surface area (Å²) >= 11 is 6.04. The molecule has 0 radical (unpaired) electrons. The molecule has 2 aromatic carbocycles. The van der Waals surface area contributed by atoms with Gasteiger partial charge >= 0.3 is 6.03 Å². The lowest BCUT2D eigenvalue weighted by atomic mass is 10.1. The maximum absolute atomic E-state index is 12.5. The van der Waals surface area contributed by atoms with Gasteiger partial charge in [-0.25, -0.2) is 4.79 Å². The van der Waals surface area contributed by atoms with Gasteiger partial charge in [-0.05, 0) is 55.3 Å². The van der Waals surface area contributed by atoms with Crippen LogP contribution in [-0.2, 0) is 6.42 Å². The predicted octanol–water partition coefficient (Wildman–Crippen LogP) is 4.13. The molecule has 27 heavy (non-hydrogen) atoms. The molecule has 2 amide bonds. The van der Waals surface area contributed by atoms with Gasteiger partial charge in [0, 0.05) is 43.4 Å². The fourth-order valence-corrected chi connectivity index (χ4v) is 3.37. The Hall–Kier alpha value is -2.24. The first kappa shape index (κ1) is 19.5. The average Bonchev–Trinajstić information content (AvgIpc) is 2.68. The minimum Gasteiger partial charge on any atom is -0.494 e. The molecule has 144 valence electrons. The molecule has 1 fully saturated rings. The third kappa shape index (κ3) is 5.88. The maximum Gasteiger partial charge on any atom is 0.321 e. The number of hydrogen-bond donors (Lipinski definition) is 1. The van der Waals surface area contributed by atoms with E-state index in [1.807, 2.05) is 54.3 Å². The molecule has 0 bridgehead atoms. The topological polar surface area (TPSA) is 44.8 Å². The van der Waals surface area contributed by atoms with Crippen LogP contribution in [0.2, 0.25) is 5.02 Å². The smallest absolute Gasteiger partial charge is 0.321 e.